The second-order valence-corrected chi connectivity index (χ2v) is 15.1. The third kappa shape index (κ3) is 5.50. The molecule has 7 aromatic carbocycles. The van der Waals surface area contributed by atoms with Crippen LogP contribution in [0, 0.1) is 0 Å². The van der Waals surface area contributed by atoms with Crippen LogP contribution in [-0.4, -0.2) is 29.1 Å². The van der Waals surface area contributed by atoms with Crippen molar-refractivity contribution in [2.45, 2.75) is 0 Å². The minimum absolute atomic E-state index is 0.659. The summed E-state index contributed by atoms with van der Waals surface area (Å²) in [7, 11) is 0. The standard InChI is InChI=1S/C54H34N6/c1-3-15-35(16-4-1)47-33-48(58-54(57-47)36-17-5-2-6-18-36)46-29-27-37(34-55-46)43-32-53(60-51-25-13-9-21-41(51)42-22-10-14-26-52(42)60)56-45-30-28-38(31-44(43)45)59-49-23-11-7-19-39(49)40-20-8-12-24-50(40)59/h1-34H. The smallest absolute Gasteiger partial charge is 0.160 e. The summed E-state index contributed by atoms with van der Waals surface area (Å²) in [4.78, 5) is 20.6. The quantitative estimate of drug-likeness (QED) is 0.169. The highest BCUT2D eigenvalue weighted by atomic mass is 15.1. The van der Waals surface area contributed by atoms with Gasteiger partial charge in [0, 0.05) is 55.5 Å². The molecule has 0 unspecified atom stereocenters. The zero-order valence-electron chi connectivity index (χ0n) is 32.3. The number of hydrogen-bond acceptors (Lipinski definition) is 4. The maximum atomic E-state index is 5.41. The van der Waals surface area contributed by atoms with Crippen molar-refractivity contribution in [3.8, 4) is 56.7 Å². The fraction of sp³-hybridized carbons (Fsp3) is 0. The number of rotatable bonds is 6. The maximum absolute atomic E-state index is 5.41. The lowest BCUT2D eigenvalue weighted by Gasteiger charge is -2.15. The summed E-state index contributed by atoms with van der Waals surface area (Å²) in [6.45, 7) is 0. The van der Waals surface area contributed by atoms with E-state index >= 15 is 0 Å². The van der Waals surface area contributed by atoms with Gasteiger partial charge in [-0.25, -0.2) is 15.0 Å². The molecule has 6 heteroatoms. The van der Waals surface area contributed by atoms with Crippen LogP contribution in [0.25, 0.3) is 111 Å². The summed E-state index contributed by atoms with van der Waals surface area (Å²) >= 11 is 0. The molecule has 5 aromatic heterocycles. The molecule has 0 saturated heterocycles. The van der Waals surface area contributed by atoms with E-state index in [9.17, 15) is 0 Å². The summed E-state index contributed by atoms with van der Waals surface area (Å²) in [5.41, 5.74) is 12.9. The molecule has 0 aliphatic carbocycles. The number of nitrogens with zero attached hydrogens (tertiary/aromatic N) is 6. The Labute approximate surface area is 345 Å². The lowest BCUT2D eigenvalue weighted by molar-refractivity contribution is 1.10. The third-order valence-corrected chi connectivity index (χ3v) is 11.6. The average molecular weight is 767 g/mol. The second kappa shape index (κ2) is 13.7. The maximum Gasteiger partial charge on any atom is 0.160 e. The molecule has 0 amide bonds. The van der Waals surface area contributed by atoms with Crippen molar-refractivity contribution in [1.29, 1.82) is 0 Å². The van der Waals surface area contributed by atoms with Crippen molar-refractivity contribution >= 4 is 54.5 Å². The van der Waals surface area contributed by atoms with Gasteiger partial charge < -0.3 is 4.57 Å². The van der Waals surface area contributed by atoms with E-state index in [4.69, 9.17) is 19.9 Å². The van der Waals surface area contributed by atoms with Crippen LogP contribution in [0.5, 0.6) is 0 Å². The first-order valence-corrected chi connectivity index (χ1v) is 20.1. The fourth-order valence-electron chi connectivity index (χ4n) is 8.82. The molecule has 0 radical (unpaired) electrons. The van der Waals surface area contributed by atoms with Crippen LogP contribution in [0.4, 0.5) is 0 Å². The first-order valence-electron chi connectivity index (χ1n) is 20.1. The SMILES string of the molecule is c1ccc(-c2cc(-c3ccc(-c4cc(-n5c6ccccc6c6ccccc65)nc5ccc(-n6c7ccccc7c7ccccc76)cc45)cn3)nc(-c3ccccc3)n2)cc1. The highest BCUT2D eigenvalue weighted by molar-refractivity contribution is 6.11. The predicted octanol–water partition coefficient (Wildman–Crippen LogP) is 13.3. The number of benzene rings is 7. The number of hydrogen-bond donors (Lipinski definition) is 0. The van der Waals surface area contributed by atoms with Gasteiger partial charge in [-0.05, 0) is 66.2 Å². The van der Waals surface area contributed by atoms with E-state index < -0.39 is 0 Å². The Morgan fingerprint density at radius 2 is 0.867 bits per heavy atom. The summed E-state index contributed by atoms with van der Waals surface area (Å²) < 4.78 is 4.65. The fourth-order valence-corrected chi connectivity index (χ4v) is 8.82. The van der Waals surface area contributed by atoms with Crippen molar-refractivity contribution < 1.29 is 0 Å². The van der Waals surface area contributed by atoms with Crippen LogP contribution >= 0.6 is 0 Å². The highest BCUT2D eigenvalue weighted by Crippen LogP contribution is 2.38. The van der Waals surface area contributed by atoms with Gasteiger partial charge in [-0.1, -0.05) is 140 Å². The van der Waals surface area contributed by atoms with Crippen LogP contribution in [-0.2, 0) is 0 Å². The topological polar surface area (TPSA) is 61.4 Å². The van der Waals surface area contributed by atoms with Crippen LogP contribution in [0.1, 0.15) is 0 Å². The van der Waals surface area contributed by atoms with Gasteiger partial charge >= 0.3 is 0 Å². The molecule has 0 N–H and O–H groups in total. The molecule has 12 rings (SSSR count). The molecule has 0 aliphatic heterocycles. The van der Waals surface area contributed by atoms with E-state index in [-0.39, 0.29) is 0 Å². The molecular weight excluding hydrogens is 733 g/mol. The van der Waals surface area contributed by atoms with Crippen molar-refractivity contribution in [3.63, 3.8) is 0 Å². The predicted molar refractivity (Wildman–Crippen MR) is 246 cm³/mol. The van der Waals surface area contributed by atoms with Gasteiger partial charge in [0.25, 0.3) is 0 Å². The van der Waals surface area contributed by atoms with Crippen molar-refractivity contribution in [3.05, 3.63) is 206 Å². The minimum Gasteiger partial charge on any atom is -0.309 e. The first kappa shape index (κ1) is 33.9. The molecule has 280 valence electrons. The van der Waals surface area contributed by atoms with E-state index in [1.165, 1.54) is 21.5 Å². The summed E-state index contributed by atoms with van der Waals surface area (Å²) in [6, 6.07) is 69.9. The highest BCUT2D eigenvalue weighted by Gasteiger charge is 2.19. The van der Waals surface area contributed by atoms with Gasteiger partial charge in [0.1, 0.15) is 5.82 Å². The molecule has 5 heterocycles. The zero-order valence-corrected chi connectivity index (χ0v) is 32.3. The molecule has 60 heavy (non-hydrogen) atoms. The molecular formula is C54H34N6. The van der Waals surface area contributed by atoms with Gasteiger partial charge in [-0.15, -0.1) is 0 Å². The van der Waals surface area contributed by atoms with Gasteiger partial charge in [0.05, 0.1) is 44.7 Å². The number of aromatic nitrogens is 6. The van der Waals surface area contributed by atoms with Gasteiger partial charge in [-0.2, -0.15) is 0 Å². The Hall–Kier alpha value is -8.22. The van der Waals surface area contributed by atoms with Crippen molar-refractivity contribution in [2.75, 3.05) is 0 Å². The Balaban J connectivity index is 1.07. The van der Waals surface area contributed by atoms with E-state index in [0.717, 1.165) is 83.8 Å². The number of pyridine rings is 2. The molecule has 0 saturated carbocycles. The molecule has 0 spiro atoms. The first-order chi connectivity index (χ1) is 29.7. The zero-order chi connectivity index (χ0) is 39.6. The lowest BCUT2D eigenvalue weighted by Crippen LogP contribution is -2.01. The Kier molecular flexibility index (Phi) is 7.74. The number of para-hydroxylation sites is 4. The van der Waals surface area contributed by atoms with Crippen LogP contribution in [0.15, 0.2) is 206 Å². The molecule has 0 aliphatic rings. The Morgan fingerprint density at radius 1 is 0.333 bits per heavy atom. The molecule has 0 bridgehead atoms. The lowest BCUT2D eigenvalue weighted by atomic mass is 10.0. The van der Waals surface area contributed by atoms with E-state index in [2.05, 4.69) is 155 Å². The van der Waals surface area contributed by atoms with Crippen LogP contribution in [0.3, 0.4) is 0 Å². The van der Waals surface area contributed by atoms with Crippen LogP contribution in [0.2, 0.25) is 0 Å². The molecule has 0 fully saturated rings. The van der Waals surface area contributed by atoms with E-state index in [0.29, 0.717) is 5.82 Å². The largest absolute Gasteiger partial charge is 0.309 e. The minimum atomic E-state index is 0.659. The summed E-state index contributed by atoms with van der Waals surface area (Å²) in [5.74, 6) is 1.51. The molecule has 12 aromatic rings. The van der Waals surface area contributed by atoms with Gasteiger partial charge in [0.2, 0.25) is 0 Å². The van der Waals surface area contributed by atoms with E-state index in [1.54, 1.807) is 0 Å². The summed E-state index contributed by atoms with van der Waals surface area (Å²) in [6.07, 6.45) is 1.97. The molecule has 0 atom stereocenters. The van der Waals surface area contributed by atoms with Gasteiger partial charge in [-0.3, -0.25) is 9.55 Å². The summed E-state index contributed by atoms with van der Waals surface area (Å²) in [5, 5.41) is 5.87. The molecule has 6 nitrogen and oxygen atoms in total. The van der Waals surface area contributed by atoms with Gasteiger partial charge in [0.15, 0.2) is 5.82 Å². The Morgan fingerprint density at radius 3 is 1.45 bits per heavy atom. The average Bonchev–Trinajstić information content (AvgIpc) is 3.85. The second-order valence-electron chi connectivity index (χ2n) is 15.1. The van der Waals surface area contributed by atoms with E-state index in [1.807, 2.05) is 60.8 Å². The number of fused-ring (bicyclic) bond motifs is 7. The third-order valence-electron chi connectivity index (χ3n) is 11.6. The van der Waals surface area contributed by atoms with Crippen molar-refractivity contribution in [2.24, 2.45) is 0 Å². The monoisotopic (exact) mass is 766 g/mol. The van der Waals surface area contributed by atoms with Crippen LogP contribution < -0.4 is 0 Å². The normalized spacial score (nSPS) is 11.7. The van der Waals surface area contributed by atoms with Crippen molar-refractivity contribution in [1.82, 2.24) is 29.1 Å². The Bertz CT molecular complexity index is 3420.